The van der Waals surface area contributed by atoms with Gasteiger partial charge in [-0.3, -0.25) is 0 Å². The first-order valence-electron chi connectivity index (χ1n) is 5.25. The van der Waals surface area contributed by atoms with Crippen molar-refractivity contribution >= 4 is 0 Å². The zero-order valence-electron chi connectivity index (χ0n) is 9.43. The minimum atomic E-state index is -1.63. The Labute approximate surface area is 105 Å². The molecule has 1 nitrogen and oxygen atoms in total. The monoisotopic (exact) mass is 273 g/mol. The van der Waals surface area contributed by atoms with Crippen LogP contribution in [0.15, 0.2) is 30.3 Å². The Morgan fingerprint density at radius 3 is 1.89 bits per heavy atom. The van der Waals surface area contributed by atoms with Crippen molar-refractivity contribution in [1.82, 2.24) is 0 Å². The van der Waals surface area contributed by atoms with Gasteiger partial charge in [-0.2, -0.15) is 0 Å². The largest absolute Gasteiger partial charge is 0.320 e. The Morgan fingerprint density at radius 2 is 1.37 bits per heavy atom. The van der Waals surface area contributed by atoms with E-state index in [0.717, 1.165) is 12.1 Å². The van der Waals surface area contributed by atoms with Gasteiger partial charge in [0, 0.05) is 11.6 Å². The number of rotatable bonds is 2. The fourth-order valence-electron chi connectivity index (χ4n) is 1.69. The van der Waals surface area contributed by atoms with E-state index < -0.39 is 35.1 Å². The molecular formula is C13H8F5N. The molecule has 2 rings (SSSR count). The van der Waals surface area contributed by atoms with Crippen molar-refractivity contribution in [2.24, 2.45) is 5.73 Å². The summed E-state index contributed by atoms with van der Waals surface area (Å²) in [7, 11) is 0. The normalized spacial score (nSPS) is 12.5. The molecule has 0 radical (unpaired) electrons. The van der Waals surface area contributed by atoms with Gasteiger partial charge < -0.3 is 5.73 Å². The molecule has 0 amide bonds. The van der Waals surface area contributed by atoms with Crippen molar-refractivity contribution in [1.29, 1.82) is 0 Å². The van der Waals surface area contributed by atoms with Crippen LogP contribution in [0.2, 0.25) is 0 Å². The Bertz CT molecular complexity index is 603. The van der Waals surface area contributed by atoms with Gasteiger partial charge in [-0.25, -0.2) is 22.0 Å². The van der Waals surface area contributed by atoms with Crippen molar-refractivity contribution < 1.29 is 22.0 Å². The maximum atomic E-state index is 13.5. The van der Waals surface area contributed by atoms with Crippen LogP contribution >= 0.6 is 0 Å². The molecule has 0 fully saturated rings. The minimum absolute atomic E-state index is 0.146. The van der Waals surface area contributed by atoms with Gasteiger partial charge in [-0.15, -0.1) is 0 Å². The summed E-state index contributed by atoms with van der Waals surface area (Å²) in [5.74, 6) is -6.22. The molecule has 100 valence electrons. The lowest BCUT2D eigenvalue weighted by molar-refractivity contribution is 0.444. The SMILES string of the molecule is NC(c1cc(F)c(F)c(F)c1)c1ccc(F)cc1F. The van der Waals surface area contributed by atoms with E-state index in [-0.39, 0.29) is 11.1 Å². The van der Waals surface area contributed by atoms with Crippen LogP contribution in [-0.2, 0) is 0 Å². The van der Waals surface area contributed by atoms with Gasteiger partial charge >= 0.3 is 0 Å². The molecule has 2 aromatic carbocycles. The molecule has 0 spiro atoms. The topological polar surface area (TPSA) is 26.0 Å². The van der Waals surface area contributed by atoms with E-state index in [1.165, 1.54) is 0 Å². The van der Waals surface area contributed by atoms with E-state index in [2.05, 4.69) is 0 Å². The fraction of sp³-hybridized carbons (Fsp3) is 0.0769. The second-order valence-corrected chi connectivity index (χ2v) is 3.94. The van der Waals surface area contributed by atoms with Crippen LogP contribution in [0.25, 0.3) is 0 Å². The molecule has 0 aliphatic rings. The molecule has 0 saturated carbocycles. The zero-order chi connectivity index (χ0) is 14.2. The van der Waals surface area contributed by atoms with Crippen molar-refractivity contribution in [3.8, 4) is 0 Å². The Kier molecular flexibility index (Phi) is 3.53. The molecule has 0 aliphatic carbocycles. The Hall–Kier alpha value is -1.95. The molecule has 0 heterocycles. The summed E-state index contributed by atoms with van der Waals surface area (Å²) in [6.07, 6.45) is 0. The van der Waals surface area contributed by atoms with Crippen LogP contribution in [0.1, 0.15) is 17.2 Å². The van der Waals surface area contributed by atoms with E-state index >= 15 is 0 Å². The summed E-state index contributed by atoms with van der Waals surface area (Å²) in [5, 5.41) is 0. The predicted octanol–water partition coefficient (Wildman–Crippen LogP) is 3.43. The number of halogens is 5. The average molecular weight is 273 g/mol. The lowest BCUT2D eigenvalue weighted by atomic mass is 9.98. The zero-order valence-corrected chi connectivity index (χ0v) is 9.43. The van der Waals surface area contributed by atoms with Gasteiger partial charge in [0.15, 0.2) is 17.5 Å². The molecular weight excluding hydrogens is 265 g/mol. The molecule has 0 aliphatic heterocycles. The highest BCUT2D eigenvalue weighted by Crippen LogP contribution is 2.25. The Morgan fingerprint density at radius 1 is 0.789 bits per heavy atom. The lowest BCUT2D eigenvalue weighted by Gasteiger charge is -2.14. The van der Waals surface area contributed by atoms with Crippen LogP contribution in [0.5, 0.6) is 0 Å². The summed E-state index contributed by atoms with van der Waals surface area (Å²) in [6, 6.07) is 2.75. The van der Waals surface area contributed by atoms with Crippen molar-refractivity contribution in [3.05, 3.63) is 70.5 Å². The number of hydrogen-bond donors (Lipinski definition) is 1. The smallest absolute Gasteiger partial charge is 0.194 e. The summed E-state index contributed by atoms with van der Waals surface area (Å²) in [4.78, 5) is 0. The minimum Gasteiger partial charge on any atom is -0.320 e. The third-order valence-electron chi connectivity index (χ3n) is 2.66. The van der Waals surface area contributed by atoms with Gasteiger partial charge in [0.1, 0.15) is 11.6 Å². The molecule has 0 aromatic heterocycles. The second kappa shape index (κ2) is 4.97. The van der Waals surface area contributed by atoms with Crippen LogP contribution in [-0.4, -0.2) is 0 Å². The van der Waals surface area contributed by atoms with Gasteiger partial charge in [-0.05, 0) is 23.8 Å². The average Bonchev–Trinajstić information content (AvgIpc) is 2.34. The highest BCUT2D eigenvalue weighted by molar-refractivity contribution is 5.33. The first-order chi connectivity index (χ1) is 8.90. The standard InChI is InChI=1S/C13H8F5N/c14-7-1-2-8(9(15)5-7)13(19)6-3-10(16)12(18)11(17)4-6/h1-5,13H,19H2. The number of hydrogen-bond acceptors (Lipinski definition) is 1. The summed E-state index contributed by atoms with van der Waals surface area (Å²) >= 11 is 0. The highest BCUT2D eigenvalue weighted by Gasteiger charge is 2.18. The molecule has 2 N–H and O–H groups in total. The fourth-order valence-corrected chi connectivity index (χ4v) is 1.69. The van der Waals surface area contributed by atoms with E-state index in [9.17, 15) is 22.0 Å². The first kappa shape index (κ1) is 13.5. The van der Waals surface area contributed by atoms with E-state index in [1.54, 1.807) is 0 Å². The van der Waals surface area contributed by atoms with Crippen LogP contribution in [0, 0.1) is 29.1 Å². The van der Waals surface area contributed by atoms with E-state index in [0.29, 0.717) is 18.2 Å². The Balaban J connectivity index is 2.47. The molecule has 6 heteroatoms. The van der Waals surface area contributed by atoms with Crippen LogP contribution in [0.3, 0.4) is 0 Å². The van der Waals surface area contributed by atoms with Crippen molar-refractivity contribution in [2.45, 2.75) is 6.04 Å². The second-order valence-electron chi connectivity index (χ2n) is 3.94. The predicted molar refractivity (Wildman–Crippen MR) is 58.7 cm³/mol. The molecule has 19 heavy (non-hydrogen) atoms. The number of benzene rings is 2. The molecule has 1 atom stereocenters. The molecule has 2 aromatic rings. The molecule has 0 bridgehead atoms. The molecule has 0 saturated heterocycles. The van der Waals surface area contributed by atoms with Crippen molar-refractivity contribution in [3.63, 3.8) is 0 Å². The van der Waals surface area contributed by atoms with Gasteiger partial charge in [0.05, 0.1) is 6.04 Å². The third kappa shape index (κ3) is 2.58. The van der Waals surface area contributed by atoms with Crippen LogP contribution < -0.4 is 5.73 Å². The number of nitrogens with two attached hydrogens (primary N) is 1. The lowest BCUT2D eigenvalue weighted by Crippen LogP contribution is -2.15. The van der Waals surface area contributed by atoms with Crippen LogP contribution in [0.4, 0.5) is 22.0 Å². The molecule has 1 unspecified atom stereocenters. The van der Waals surface area contributed by atoms with Gasteiger partial charge in [0.2, 0.25) is 0 Å². The first-order valence-corrected chi connectivity index (χ1v) is 5.25. The van der Waals surface area contributed by atoms with E-state index in [1.807, 2.05) is 0 Å². The summed E-state index contributed by atoms with van der Waals surface area (Å²) in [5.41, 5.74) is 5.34. The quantitative estimate of drug-likeness (QED) is 0.658. The van der Waals surface area contributed by atoms with E-state index in [4.69, 9.17) is 5.73 Å². The maximum absolute atomic E-state index is 13.5. The van der Waals surface area contributed by atoms with Gasteiger partial charge in [0.25, 0.3) is 0 Å². The van der Waals surface area contributed by atoms with Crippen molar-refractivity contribution in [2.75, 3.05) is 0 Å². The highest BCUT2D eigenvalue weighted by atomic mass is 19.2. The van der Waals surface area contributed by atoms with Gasteiger partial charge in [-0.1, -0.05) is 6.07 Å². The summed E-state index contributed by atoms with van der Waals surface area (Å²) in [6.45, 7) is 0. The maximum Gasteiger partial charge on any atom is 0.194 e. The summed E-state index contributed by atoms with van der Waals surface area (Å²) < 4.78 is 65.1. The third-order valence-corrected chi connectivity index (χ3v) is 2.66.